The molecule has 124 valence electrons. The average Bonchev–Trinajstić information content (AvgIpc) is 2.98. The fourth-order valence-corrected chi connectivity index (χ4v) is 3.35. The lowest BCUT2D eigenvalue weighted by atomic mass is 9.96. The molecule has 0 spiro atoms. The van der Waals surface area contributed by atoms with Crippen LogP contribution in [-0.4, -0.2) is 16.8 Å². The van der Waals surface area contributed by atoms with Gasteiger partial charge >= 0.3 is 0 Å². The summed E-state index contributed by atoms with van der Waals surface area (Å²) >= 11 is 6.22. The second-order valence-electron chi connectivity index (χ2n) is 6.12. The molecule has 1 aliphatic rings. The lowest BCUT2D eigenvalue weighted by Crippen LogP contribution is -2.16. The molecule has 3 rings (SSSR count). The van der Waals surface area contributed by atoms with Crippen molar-refractivity contribution in [1.29, 1.82) is 0 Å². The summed E-state index contributed by atoms with van der Waals surface area (Å²) in [6.07, 6.45) is 6.24. The first-order valence-corrected chi connectivity index (χ1v) is 8.75. The van der Waals surface area contributed by atoms with E-state index in [-0.39, 0.29) is 0 Å². The summed E-state index contributed by atoms with van der Waals surface area (Å²) in [6, 6.07) is 10.3. The minimum absolute atomic E-state index is 0.454. The van der Waals surface area contributed by atoms with Crippen LogP contribution in [0.15, 0.2) is 30.3 Å². The Hall–Kier alpha value is -1.52. The SMILES string of the molecule is CNCc1cc(OCc2ccccc2Cl)n(C2CCCCC2)n1. The molecule has 1 heterocycles. The van der Waals surface area contributed by atoms with E-state index in [9.17, 15) is 0 Å². The molecule has 5 heteroatoms. The van der Waals surface area contributed by atoms with Crippen LogP contribution in [0.4, 0.5) is 0 Å². The van der Waals surface area contributed by atoms with Crippen LogP contribution >= 0.6 is 11.6 Å². The van der Waals surface area contributed by atoms with Gasteiger partial charge in [-0.15, -0.1) is 0 Å². The van der Waals surface area contributed by atoms with Crippen molar-refractivity contribution in [3.8, 4) is 5.88 Å². The van der Waals surface area contributed by atoms with Crippen molar-refractivity contribution < 1.29 is 4.74 Å². The van der Waals surface area contributed by atoms with E-state index in [1.807, 2.05) is 37.4 Å². The topological polar surface area (TPSA) is 39.1 Å². The highest BCUT2D eigenvalue weighted by atomic mass is 35.5. The predicted octanol–water partition coefficient (Wildman–Crippen LogP) is 4.34. The number of hydrogen-bond acceptors (Lipinski definition) is 3. The van der Waals surface area contributed by atoms with Crippen LogP contribution < -0.4 is 10.1 Å². The smallest absolute Gasteiger partial charge is 0.212 e. The van der Waals surface area contributed by atoms with Crippen LogP contribution in [0, 0.1) is 0 Å². The van der Waals surface area contributed by atoms with Gasteiger partial charge in [0.1, 0.15) is 6.61 Å². The second-order valence-corrected chi connectivity index (χ2v) is 6.53. The van der Waals surface area contributed by atoms with Crippen LogP contribution in [0.2, 0.25) is 5.02 Å². The molecule has 0 saturated heterocycles. The van der Waals surface area contributed by atoms with Crippen LogP contribution in [0.3, 0.4) is 0 Å². The quantitative estimate of drug-likeness (QED) is 0.854. The fourth-order valence-electron chi connectivity index (χ4n) is 3.15. The lowest BCUT2D eigenvalue weighted by molar-refractivity contribution is 0.238. The molecular weight excluding hydrogens is 310 g/mol. The monoisotopic (exact) mass is 333 g/mol. The molecule has 0 aliphatic heterocycles. The minimum Gasteiger partial charge on any atom is -0.473 e. The average molecular weight is 334 g/mol. The van der Waals surface area contributed by atoms with E-state index in [4.69, 9.17) is 21.4 Å². The van der Waals surface area contributed by atoms with E-state index in [1.54, 1.807) is 0 Å². The third-order valence-corrected chi connectivity index (χ3v) is 4.73. The highest BCUT2D eigenvalue weighted by Crippen LogP contribution is 2.32. The van der Waals surface area contributed by atoms with Crippen molar-refractivity contribution in [2.24, 2.45) is 0 Å². The van der Waals surface area contributed by atoms with Gasteiger partial charge in [0, 0.05) is 23.2 Å². The summed E-state index contributed by atoms with van der Waals surface area (Å²) in [6.45, 7) is 1.22. The molecule has 0 bridgehead atoms. The zero-order valence-corrected chi connectivity index (χ0v) is 14.4. The molecule has 1 aromatic heterocycles. The first-order chi connectivity index (χ1) is 11.3. The van der Waals surface area contributed by atoms with Gasteiger partial charge in [0.05, 0.1) is 11.7 Å². The van der Waals surface area contributed by atoms with Gasteiger partial charge in [-0.3, -0.25) is 0 Å². The number of ether oxygens (including phenoxy) is 1. The summed E-state index contributed by atoms with van der Waals surface area (Å²) in [7, 11) is 1.93. The van der Waals surface area contributed by atoms with E-state index in [0.29, 0.717) is 12.6 Å². The first-order valence-electron chi connectivity index (χ1n) is 8.37. The molecule has 4 nitrogen and oxygen atoms in total. The molecule has 0 atom stereocenters. The van der Waals surface area contributed by atoms with Gasteiger partial charge in [-0.25, -0.2) is 4.68 Å². The largest absolute Gasteiger partial charge is 0.473 e. The molecule has 1 fully saturated rings. The molecule has 0 amide bonds. The predicted molar refractivity (Wildman–Crippen MR) is 92.9 cm³/mol. The summed E-state index contributed by atoms with van der Waals surface area (Å²) in [5.41, 5.74) is 2.02. The molecule has 0 unspecified atom stereocenters. The number of nitrogens with one attached hydrogen (secondary N) is 1. The van der Waals surface area contributed by atoms with Gasteiger partial charge in [-0.2, -0.15) is 5.10 Å². The molecule has 23 heavy (non-hydrogen) atoms. The van der Waals surface area contributed by atoms with Crippen molar-refractivity contribution in [2.45, 2.75) is 51.3 Å². The first kappa shape index (κ1) is 16.3. The Morgan fingerprint density at radius 1 is 1.26 bits per heavy atom. The molecule has 1 aliphatic carbocycles. The van der Waals surface area contributed by atoms with Gasteiger partial charge < -0.3 is 10.1 Å². The van der Waals surface area contributed by atoms with Crippen LogP contribution in [0.5, 0.6) is 5.88 Å². The van der Waals surface area contributed by atoms with Crippen molar-refractivity contribution in [3.63, 3.8) is 0 Å². The Kier molecular flexibility index (Phi) is 5.57. The number of benzene rings is 1. The van der Waals surface area contributed by atoms with E-state index in [0.717, 1.165) is 28.7 Å². The minimum atomic E-state index is 0.454. The Bertz CT molecular complexity index is 635. The Morgan fingerprint density at radius 2 is 2.04 bits per heavy atom. The Labute approximate surface area is 142 Å². The van der Waals surface area contributed by atoms with Crippen LogP contribution in [-0.2, 0) is 13.2 Å². The Morgan fingerprint density at radius 3 is 2.78 bits per heavy atom. The number of nitrogens with zero attached hydrogens (tertiary/aromatic N) is 2. The van der Waals surface area contributed by atoms with Gasteiger partial charge in [0.2, 0.25) is 5.88 Å². The zero-order valence-electron chi connectivity index (χ0n) is 13.6. The summed E-state index contributed by atoms with van der Waals surface area (Å²) in [5, 5.41) is 8.65. The van der Waals surface area contributed by atoms with Crippen molar-refractivity contribution in [3.05, 3.63) is 46.6 Å². The van der Waals surface area contributed by atoms with E-state index < -0.39 is 0 Å². The highest BCUT2D eigenvalue weighted by Gasteiger charge is 2.21. The van der Waals surface area contributed by atoms with Crippen LogP contribution in [0.25, 0.3) is 0 Å². The highest BCUT2D eigenvalue weighted by molar-refractivity contribution is 6.31. The maximum atomic E-state index is 6.22. The fraction of sp³-hybridized carbons (Fsp3) is 0.500. The molecule has 1 aromatic carbocycles. The maximum absolute atomic E-state index is 6.22. The lowest BCUT2D eigenvalue weighted by Gasteiger charge is -2.23. The molecule has 0 radical (unpaired) electrons. The van der Waals surface area contributed by atoms with Crippen molar-refractivity contribution in [1.82, 2.24) is 15.1 Å². The summed E-state index contributed by atoms with van der Waals surface area (Å²) in [5.74, 6) is 0.849. The maximum Gasteiger partial charge on any atom is 0.212 e. The second kappa shape index (κ2) is 7.84. The molecule has 1 saturated carbocycles. The third kappa shape index (κ3) is 4.06. The standard InChI is InChI=1S/C18H24ClN3O/c1-20-12-15-11-18(22(21-15)16-8-3-2-4-9-16)23-13-14-7-5-6-10-17(14)19/h5-7,10-11,16,20H,2-4,8-9,12-13H2,1H3. The third-order valence-electron chi connectivity index (χ3n) is 4.36. The van der Waals surface area contributed by atoms with Gasteiger partial charge in [-0.1, -0.05) is 49.1 Å². The normalized spacial score (nSPS) is 15.7. The van der Waals surface area contributed by atoms with Crippen molar-refractivity contribution in [2.75, 3.05) is 7.05 Å². The van der Waals surface area contributed by atoms with E-state index in [2.05, 4.69) is 10.00 Å². The number of aromatic nitrogens is 2. The summed E-state index contributed by atoms with van der Waals surface area (Å²) in [4.78, 5) is 0. The van der Waals surface area contributed by atoms with E-state index in [1.165, 1.54) is 32.1 Å². The van der Waals surface area contributed by atoms with Crippen molar-refractivity contribution >= 4 is 11.6 Å². The van der Waals surface area contributed by atoms with Gasteiger partial charge in [0.15, 0.2) is 0 Å². The number of hydrogen-bond donors (Lipinski definition) is 1. The molecular formula is C18H24ClN3O. The number of halogens is 1. The zero-order chi connectivity index (χ0) is 16.1. The molecule has 1 N–H and O–H groups in total. The van der Waals surface area contributed by atoms with E-state index >= 15 is 0 Å². The summed E-state index contributed by atoms with van der Waals surface area (Å²) < 4.78 is 8.16. The van der Waals surface area contributed by atoms with Gasteiger partial charge in [-0.05, 0) is 26.0 Å². The Balaban J connectivity index is 1.77. The van der Waals surface area contributed by atoms with Crippen LogP contribution in [0.1, 0.15) is 49.4 Å². The number of rotatable bonds is 6. The molecule has 2 aromatic rings. The van der Waals surface area contributed by atoms with Gasteiger partial charge in [0.25, 0.3) is 0 Å².